The van der Waals surface area contributed by atoms with E-state index in [0.717, 1.165) is 32.7 Å². The van der Waals surface area contributed by atoms with Gasteiger partial charge in [0.2, 0.25) is 0 Å². The summed E-state index contributed by atoms with van der Waals surface area (Å²) in [5.41, 5.74) is 7.30. The Morgan fingerprint density at radius 2 is 1.91 bits per heavy atom. The van der Waals surface area contributed by atoms with Crippen molar-refractivity contribution in [3.05, 3.63) is 81.0 Å². The van der Waals surface area contributed by atoms with Gasteiger partial charge < -0.3 is 4.74 Å². The highest BCUT2D eigenvalue weighted by Gasteiger charge is 2.15. The molecule has 1 N–H and O–H groups in total. The van der Waals surface area contributed by atoms with Crippen LogP contribution in [0.5, 0.6) is 5.75 Å². The van der Waals surface area contributed by atoms with Gasteiger partial charge in [-0.15, -0.1) is 11.3 Å². The van der Waals surface area contributed by atoms with Gasteiger partial charge >= 0.3 is 0 Å². The molecule has 0 unspecified atom stereocenters. The van der Waals surface area contributed by atoms with Crippen LogP contribution in [-0.2, 0) is 0 Å². The zero-order chi connectivity index (χ0) is 22.7. The Morgan fingerprint density at radius 3 is 2.59 bits per heavy atom. The van der Waals surface area contributed by atoms with Gasteiger partial charge in [0, 0.05) is 10.9 Å². The molecule has 1 amide bonds. The van der Waals surface area contributed by atoms with E-state index in [0.29, 0.717) is 27.9 Å². The highest BCUT2D eigenvalue weighted by molar-refractivity contribution is 7.18. The van der Waals surface area contributed by atoms with E-state index in [2.05, 4.69) is 10.5 Å². The molecular weight excluding hydrogens is 442 g/mol. The molecule has 0 aliphatic heterocycles. The van der Waals surface area contributed by atoms with Crippen molar-refractivity contribution in [3.63, 3.8) is 0 Å². The number of hydrogen-bond acceptors (Lipinski definition) is 5. The molecule has 2 aromatic carbocycles. The third kappa shape index (κ3) is 4.82. The van der Waals surface area contributed by atoms with E-state index in [9.17, 15) is 4.79 Å². The van der Waals surface area contributed by atoms with Gasteiger partial charge in [-0.05, 0) is 75.4 Å². The number of thiophene rings is 1. The summed E-state index contributed by atoms with van der Waals surface area (Å²) in [6, 6.07) is 19.1. The lowest BCUT2D eigenvalue weighted by Crippen LogP contribution is -2.20. The van der Waals surface area contributed by atoms with Gasteiger partial charge in [-0.3, -0.25) is 4.79 Å². The monoisotopic (exact) mass is 463 g/mol. The summed E-state index contributed by atoms with van der Waals surface area (Å²) in [4.78, 5) is 18.8. The number of aryl methyl sites for hydroxylation is 1. The number of nitrogens with one attached hydrogen (secondary N) is 1. The minimum Gasteiger partial charge on any atom is -0.494 e. The molecule has 0 radical (unpaired) electrons. The van der Waals surface area contributed by atoms with Crippen molar-refractivity contribution in [3.8, 4) is 17.0 Å². The van der Waals surface area contributed by atoms with Crippen molar-refractivity contribution < 1.29 is 9.53 Å². The summed E-state index contributed by atoms with van der Waals surface area (Å²) in [5, 5.41) is 5.06. The van der Waals surface area contributed by atoms with Crippen molar-refractivity contribution in [2.45, 2.75) is 20.8 Å². The Bertz CT molecular complexity index is 1310. The standard InChI is InChI=1S/C25H22ClN3O2S/c1-4-31-18-8-6-17(7-9-18)22-14-20(19-13-15(2)5-10-21(19)27-22)25(30)29-28-16(3)23-11-12-24(26)32-23/h5-14H,4H2,1-3H3,(H,29,30)/b28-16+. The summed E-state index contributed by atoms with van der Waals surface area (Å²) in [5.74, 6) is 0.501. The number of fused-ring (bicyclic) bond motifs is 1. The summed E-state index contributed by atoms with van der Waals surface area (Å²) in [7, 11) is 0. The van der Waals surface area contributed by atoms with Crippen LogP contribution < -0.4 is 10.2 Å². The molecule has 0 atom stereocenters. The fraction of sp³-hybridized carbons (Fsp3) is 0.160. The van der Waals surface area contributed by atoms with Crippen molar-refractivity contribution in [2.24, 2.45) is 5.10 Å². The molecule has 0 spiro atoms. The van der Waals surface area contributed by atoms with Gasteiger partial charge in [0.15, 0.2) is 0 Å². The summed E-state index contributed by atoms with van der Waals surface area (Å²) < 4.78 is 6.21. The van der Waals surface area contributed by atoms with Crippen LogP contribution in [0.4, 0.5) is 0 Å². The summed E-state index contributed by atoms with van der Waals surface area (Å²) in [6.45, 7) is 6.38. The number of pyridine rings is 1. The Labute approximate surface area is 195 Å². The first kappa shape index (κ1) is 22.0. The smallest absolute Gasteiger partial charge is 0.272 e. The van der Waals surface area contributed by atoms with Gasteiger partial charge in [0.05, 0.1) is 38.3 Å². The average molecular weight is 464 g/mol. The highest BCUT2D eigenvalue weighted by Crippen LogP contribution is 2.27. The number of nitrogens with zero attached hydrogens (tertiary/aromatic N) is 2. The van der Waals surface area contributed by atoms with Gasteiger partial charge in [0.25, 0.3) is 5.91 Å². The Hall–Kier alpha value is -3.22. The lowest BCUT2D eigenvalue weighted by molar-refractivity contribution is 0.0956. The first-order chi connectivity index (χ1) is 15.4. The van der Waals surface area contributed by atoms with Crippen molar-refractivity contribution >= 4 is 45.5 Å². The second kappa shape index (κ2) is 9.51. The molecule has 0 aliphatic carbocycles. The van der Waals surface area contributed by atoms with Crippen LogP contribution in [0.15, 0.2) is 65.8 Å². The third-order valence-electron chi connectivity index (χ3n) is 4.92. The van der Waals surface area contributed by atoms with Gasteiger partial charge in [-0.1, -0.05) is 23.2 Å². The quantitative estimate of drug-likeness (QED) is 0.263. The minimum atomic E-state index is -0.294. The molecule has 162 valence electrons. The zero-order valence-corrected chi connectivity index (χ0v) is 19.6. The van der Waals surface area contributed by atoms with Crippen LogP contribution in [0, 0.1) is 6.92 Å². The molecule has 5 nitrogen and oxygen atoms in total. The van der Waals surface area contributed by atoms with Crippen LogP contribution in [0.25, 0.3) is 22.2 Å². The van der Waals surface area contributed by atoms with Gasteiger partial charge in [0.1, 0.15) is 5.75 Å². The number of ether oxygens (including phenoxy) is 1. The van der Waals surface area contributed by atoms with Gasteiger partial charge in [-0.2, -0.15) is 5.10 Å². The van der Waals surface area contributed by atoms with E-state index >= 15 is 0 Å². The van der Waals surface area contributed by atoms with E-state index in [4.69, 9.17) is 21.3 Å². The molecule has 2 heterocycles. The fourth-order valence-corrected chi connectivity index (χ4v) is 4.31. The number of carbonyl (C=O) groups excluding carboxylic acids is 1. The molecule has 7 heteroatoms. The molecule has 0 saturated carbocycles. The van der Waals surface area contributed by atoms with Crippen molar-refractivity contribution in [1.82, 2.24) is 10.4 Å². The van der Waals surface area contributed by atoms with Crippen LogP contribution in [-0.4, -0.2) is 23.2 Å². The molecule has 0 aliphatic rings. The number of aromatic nitrogens is 1. The topological polar surface area (TPSA) is 63.6 Å². The lowest BCUT2D eigenvalue weighted by atomic mass is 10.0. The number of rotatable bonds is 6. The maximum Gasteiger partial charge on any atom is 0.272 e. The molecule has 4 aromatic rings. The van der Waals surface area contributed by atoms with Crippen molar-refractivity contribution in [1.29, 1.82) is 0 Å². The molecule has 0 saturated heterocycles. The predicted octanol–water partition coefficient (Wildman–Crippen LogP) is 6.48. The number of hydrazone groups is 1. The molecule has 0 bridgehead atoms. The van der Waals surface area contributed by atoms with Crippen LogP contribution in [0.2, 0.25) is 4.34 Å². The normalized spacial score (nSPS) is 11.6. The average Bonchev–Trinajstić information content (AvgIpc) is 3.23. The molecule has 2 aromatic heterocycles. The Balaban J connectivity index is 1.71. The second-order valence-corrected chi connectivity index (χ2v) is 8.99. The molecular formula is C25H22ClN3O2S. The predicted molar refractivity (Wildman–Crippen MR) is 132 cm³/mol. The Morgan fingerprint density at radius 1 is 1.12 bits per heavy atom. The largest absolute Gasteiger partial charge is 0.494 e. The van der Waals surface area contributed by atoms with Crippen LogP contribution in [0.1, 0.15) is 34.6 Å². The number of benzene rings is 2. The van der Waals surface area contributed by atoms with Gasteiger partial charge in [-0.25, -0.2) is 10.4 Å². The third-order valence-corrected chi connectivity index (χ3v) is 6.26. The van der Waals surface area contributed by atoms with Crippen LogP contribution in [0.3, 0.4) is 0 Å². The molecule has 32 heavy (non-hydrogen) atoms. The SMILES string of the molecule is CCOc1ccc(-c2cc(C(=O)N/N=C(\C)c3ccc(Cl)s3)c3cc(C)ccc3n2)cc1. The van der Waals surface area contributed by atoms with E-state index in [1.165, 1.54) is 11.3 Å². The highest BCUT2D eigenvalue weighted by atomic mass is 35.5. The number of halogens is 1. The maximum absolute atomic E-state index is 13.1. The van der Waals surface area contributed by atoms with E-state index in [-0.39, 0.29) is 5.91 Å². The zero-order valence-electron chi connectivity index (χ0n) is 18.0. The van der Waals surface area contributed by atoms with E-state index < -0.39 is 0 Å². The lowest BCUT2D eigenvalue weighted by Gasteiger charge is -2.11. The van der Waals surface area contributed by atoms with E-state index in [1.807, 2.05) is 75.4 Å². The Kier molecular flexibility index (Phi) is 6.53. The number of amides is 1. The summed E-state index contributed by atoms with van der Waals surface area (Å²) >= 11 is 7.42. The number of carbonyl (C=O) groups is 1. The minimum absolute atomic E-state index is 0.294. The first-order valence-corrected chi connectivity index (χ1v) is 11.4. The summed E-state index contributed by atoms with van der Waals surface area (Å²) in [6.07, 6.45) is 0. The molecule has 4 rings (SSSR count). The fourth-order valence-electron chi connectivity index (χ4n) is 3.32. The first-order valence-electron chi connectivity index (χ1n) is 10.2. The molecule has 0 fully saturated rings. The maximum atomic E-state index is 13.1. The number of hydrogen-bond donors (Lipinski definition) is 1. The second-order valence-electron chi connectivity index (χ2n) is 7.27. The van der Waals surface area contributed by atoms with Crippen LogP contribution >= 0.6 is 22.9 Å². The van der Waals surface area contributed by atoms with Crippen molar-refractivity contribution in [2.75, 3.05) is 6.61 Å². The van der Waals surface area contributed by atoms with E-state index in [1.54, 1.807) is 6.07 Å².